The Morgan fingerprint density at radius 2 is 2.00 bits per heavy atom. The largest absolute Gasteiger partial charge is 0.496 e. The van der Waals surface area contributed by atoms with E-state index < -0.39 is 0 Å². The van der Waals surface area contributed by atoms with Gasteiger partial charge < -0.3 is 4.74 Å². The summed E-state index contributed by atoms with van der Waals surface area (Å²) in [5, 5.41) is 0. The van der Waals surface area contributed by atoms with Crippen LogP contribution < -0.4 is 4.74 Å². The van der Waals surface area contributed by atoms with E-state index in [9.17, 15) is 0 Å². The van der Waals surface area contributed by atoms with Crippen LogP contribution in [-0.2, 0) is 0 Å². The molecule has 2 rings (SSSR count). The van der Waals surface area contributed by atoms with Crippen LogP contribution in [0.3, 0.4) is 0 Å². The van der Waals surface area contributed by atoms with Crippen LogP contribution in [-0.4, -0.2) is 22.1 Å². The molecule has 1 heterocycles. The van der Waals surface area contributed by atoms with Crippen LogP contribution in [0.25, 0.3) is 11.4 Å². The standard InChI is InChI=1S/C10H8BrN3O/c1-15-8-5-3-2-4-7(8)9-12-6-13-10(11)14-9/h2-6H,1H3. The second kappa shape index (κ2) is 4.35. The summed E-state index contributed by atoms with van der Waals surface area (Å²) >= 11 is 3.20. The zero-order valence-corrected chi connectivity index (χ0v) is 9.60. The summed E-state index contributed by atoms with van der Waals surface area (Å²) in [5.41, 5.74) is 0.850. The lowest BCUT2D eigenvalue weighted by Crippen LogP contribution is -1.94. The van der Waals surface area contributed by atoms with Crippen LogP contribution in [0.15, 0.2) is 35.3 Å². The zero-order valence-electron chi connectivity index (χ0n) is 8.01. The Hall–Kier alpha value is -1.49. The number of ether oxygens (including phenoxy) is 1. The van der Waals surface area contributed by atoms with Crippen molar-refractivity contribution in [3.05, 3.63) is 35.3 Å². The maximum Gasteiger partial charge on any atom is 0.200 e. The number of hydrogen-bond donors (Lipinski definition) is 0. The normalized spacial score (nSPS) is 10.0. The van der Waals surface area contributed by atoms with Crippen molar-refractivity contribution >= 4 is 15.9 Å². The molecule has 0 spiro atoms. The first-order chi connectivity index (χ1) is 7.31. The monoisotopic (exact) mass is 265 g/mol. The highest BCUT2D eigenvalue weighted by Crippen LogP contribution is 2.26. The lowest BCUT2D eigenvalue weighted by molar-refractivity contribution is 0.416. The predicted octanol–water partition coefficient (Wildman–Crippen LogP) is 2.31. The summed E-state index contributed by atoms with van der Waals surface area (Å²) in [7, 11) is 1.62. The van der Waals surface area contributed by atoms with E-state index in [1.807, 2.05) is 24.3 Å². The van der Waals surface area contributed by atoms with Gasteiger partial charge in [0.2, 0.25) is 0 Å². The Kier molecular flexibility index (Phi) is 2.91. The molecular weight excluding hydrogens is 258 g/mol. The number of benzene rings is 1. The Labute approximate surface area is 95.5 Å². The third kappa shape index (κ3) is 2.12. The van der Waals surface area contributed by atoms with E-state index in [0.29, 0.717) is 10.6 Å². The maximum atomic E-state index is 5.22. The van der Waals surface area contributed by atoms with Crippen LogP contribution in [0.1, 0.15) is 0 Å². The number of para-hydroxylation sites is 1. The minimum Gasteiger partial charge on any atom is -0.496 e. The highest BCUT2D eigenvalue weighted by Gasteiger charge is 2.07. The molecule has 0 amide bonds. The van der Waals surface area contributed by atoms with Gasteiger partial charge in [0.15, 0.2) is 10.6 Å². The summed E-state index contributed by atoms with van der Waals surface area (Å²) < 4.78 is 5.74. The number of rotatable bonds is 2. The molecule has 5 heteroatoms. The van der Waals surface area contributed by atoms with Crippen molar-refractivity contribution < 1.29 is 4.74 Å². The summed E-state index contributed by atoms with van der Waals surface area (Å²) in [5.74, 6) is 1.34. The van der Waals surface area contributed by atoms with Crippen LogP contribution in [0, 0.1) is 0 Å². The molecule has 0 radical (unpaired) electrons. The van der Waals surface area contributed by atoms with Gasteiger partial charge in [-0.15, -0.1) is 0 Å². The van der Waals surface area contributed by atoms with Gasteiger partial charge in [0, 0.05) is 0 Å². The third-order valence-electron chi connectivity index (χ3n) is 1.89. The Morgan fingerprint density at radius 3 is 2.73 bits per heavy atom. The lowest BCUT2D eigenvalue weighted by atomic mass is 10.2. The van der Waals surface area contributed by atoms with Gasteiger partial charge in [-0.25, -0.2) is 15.0 Å². The van der Waals surface area contributed by atoms with Crippen molar-refractivity contribution in [1.82, 2.24) is 15.0 Å². The van der Waals surface area contributed by atoms with Crippen molar-refractivity contribution in [2.45, 2.75) is 0 Å². The Balaban J connectivity index is 2.53. The average molecular weight is 266 g/mol. The van der Waals surface area contributed by atoms with E-state index in [0.717, 1.165) is 11.3 Å². The van der Waals surface area contributed by atoms with Crippen molar-refractivity contribution in [1.29, 1.82) is 0 Å². The van der Waals surface area contributed by atoms with Gasteiger partial charge in [0.1, 0.15) is 12.1 Å². The topological polar surface area (TPSA) is 47.9 Å². The molecule has 0 N–H and O–H groups in total. The Morgan fingerprint density at radius 1 is 1.20 bits per heavy atom. The second-order valence-electron chi connectivity index (χ2n) is 2.78. The van der Waals surface area contributed by atoms with Crippen molar-refractivity contribution in [2.24, 2.45) is 0 Å². The molecule has 0 atom stereocenters. The average Bonchev–Trinajstić information content (AvgIpc) is 2.29. The molecule has 0 saturated heterocycles. The van der Waals surface area contributed by atoms with Crippen molar-refractivity contribution in [3.8, 4) is 17.1 Å². The number of nitrogens with zero attached hydrogens (tertiary/aromatic N) is 3. The molecule has 4 nitrogen and oxygen atoms in total. The number of halogens is 1. The minimum absolute atomic E-state index is 0.512. The molecule has 15 heavy (non-hydrogen) atoms. The van der Waals surface area contributed by atoms with Gasteiger partial charge in [0.05, 0.1) is 12.7 Å². The first-order valence-corrected chi connectivity index (χ1v) is 5.08. The van der Waals surface area contributed by atoms with Crippen molar-refractivity contribution in [3.63, 3.8) is 0 Å². The lowest BCUT2D eigenvalue weighted by Gasteiger charge is -2.05. The summed E-state index contributed by atoms with van der Waals surface area (Å²) in [6.45, 7) is 0. The molecule has 0 saturated carbocycles. The van der Waals surface area contributed by atoms with E-state index in [1.54, 1.807) is 7.11 Å². The van der Waals surface area contributed by atoms with E-state index in [2.05, 4.69) is 30.9 Å². The third-order valence-corrected chi connectivity index (χ3v) is 2.27. The van der Waals surface area contributed by atoms with E-state index in [-0.39, 0.29) is 0 Å². The van der Waals surface area contributed by atoms with Gasteiger partial charge in [-0.2, -0.15) is 0 Å². The summed E-state index contributed by atoms with van der Waals surface area (Å²) in [4.78, 5) is 12.1. The minimum atomic E-state index is 0.512. The first kappa shape index (κ1) is 10.0. The molecule has 0 aliphatic rings. The molecule has 76 valence electrons. The van der Waals surface area contributed by atoms with E-state index >= 15 is 0 Å². The fourth-order valence-corrected chi connectivity index (χ4v) is 1.49. The highest BCUT2D eigenvalue weighted by atomic mass is 79.9. The van der Waals surface area contributed by atoms with Crippen LogP contribution in [0.4, 0.5) is 0 Å². The fourth-order valence-electron chi connectivity index (χ4n) is 1.24. The molecule has 0 aliphatic carbocycles. The quantitative estimate of drug-likeness (QED) is 0.836. The summed E-state index contributed by atoms with van der Waals surface area (Å²) in [6.07, 6.45) is 1.46. The molecule has 1 aromatic carbocycles. The highest BCUT2D eigenvalue weighted by molar-refractivity contribution is 9.10. The maximum absolute atomic E-state index is 5.22. The van der Waals surface area contributed by atoms with Gasteiger partial charge >= 0.3 is 0 Å². The number of methoxy groups -OCH3 is 1. The van der Waals surface area contributed by atoms with Gasteiger partial charge in [-0.1, -0.05) is 12.1 Å². The molecule has 0 aliphatic heterocycles. The molecule has 0 bridgehead atoms. The zero-order chi connectivity index (χ0) is 10.7. The predicted molar refractivity (Wildman–Crippen MR) is 59.5 cm³/mol. The molecule has 0 fully saturated rings. The molecule has 0 unspecified atom stereocenters. The SMILES string of the molecule is COc1ccccc1-c1ncnc(Br)n1. The second-order valence-corrected chi connectivity index (χ2v) is 3.49. The molecule has 1 aromatic heterocycles. The Bertz CT molecular complexity index is 476. The van der Waals surface area contributed by atoms with E-state index in [4.69, 9.17) is 4.74 Å². The first-order valence-electron chi connectivity index (χ1n) is 4.29. The fraction of sp³-hybridized carbons (Fsp3) is 0.100. The number of hydrogen-bond acceptors (Lipinski definition) is 4. The van der Waals surface area contributed by atoms with Crippen LogP contribution >= 0.6 is 15.9 Å². The van der Waals surface area contributed by atoms with Gasteiger partial charge in [0.25, 0.3) is 0 Å². The molecular formula is C10H8BrN3O. The summed E-state index contributed by atoms with van der Waals surface area (Å²) in [6, 6.07) is 7.59. The molecule has 2 aromatic rings. The van der Waals surface area contributed by atoms with Crippen molar-refractivity contribution in [2.75, 3.05) is 7.11 Å². The number of aromatic nitrogens is 3. The van der Waals surface area contributed by atoms with Crippen LogP contribution in [0.5, 0.6) is 5.75 Å². The van der Waals surface area contributed by atoms with Gasteiger partial charge in [-0.3, -0.25) is 0 Å². The van der Waals surface area contributed by atoms with Crippen LogP contribution in [0.2, 0.25) is 0 Å². The van der Waals surface area contributed by atoms with Gasteiger partial charge in [-0.05, 0) is 28.1 Å². The smallest absolute Gasteiger partial charge is 0.200 e. The van der Waals surface area contributed by atoms with E-state index in [1.165, 1.54) is 6.33 Å².